The van der Waals surface area contributed by atoms with Crippen molar-refractivity contribution in [2.24, 2.45) is 0 Å². The summed E-state index contributed by atoms with van der Waals surface area (Å²) < 4.78 is 0. The number of carbonyl (C=O) groups excluding carboxylic acids is 1. The number of aliphatic hydroxyl groups is 1. The van der Waals surface area contributed by atoms with Gasteiger partial charge in [-0.3, -0.25) is 10.1 Å². The van der Waals surface area contributed by atoms with E-state index in [2.05, 4.69) is 0 Å². The average Bonchev–Trinajstić information content (AvgIpc) is 2.28. The third kappa shape index (κ3) is 2.91. The summed E-state index contributed by atoms with van der Waals surface area (Å²) in [4.78, 5) is 22.2. The number of nitro benzene ring substituents is 1. The van der Waals surface area contributed by atoms with Crippen molar-refractivity contribution in [1.82, 2.24) is 0 Å². The Balaban J connectivity index is 3.22. The van der Waals surface area contributed by atoms with Crippen LogP contribution >= 0.6 is 0 Å². The summed E-state index contributed by atoms with van der Waals surface area (Å²) in [5, 5.41) is 30.2. The number of hydrogen-bond donors (Lipinski definition) is 1. The molecule has 92 valence electrons. The van der Waals surface area contributed by atoms with Gasteiger partial charge in [-0.15, -0.1) is 0 Å². The molecule has 0 atom stereocenters. The van der Waals surface area contributed by atoms with Crippen LogP contribution in [0.15, 0.2) is 18.2 Å². The molecule has 0 bridgehead atoms. The van der Waals surface area contributed by atoms with E-state index < -0.39 is 10.9 Å². The van der Waals surface area contributed by atoms with E-state index >= 15 is 0 Å². The van der Waals surface area contributed by atoms with Crippen LogP contribution in [0.25, 0.3) is 0 Å². The van der Waals surface area contributed by atoms with E-state index in [-0.39, 0.29) is 30.1 Å². The van der Waals surface area contributed by atoms with E-state index in [0.717, 1.165) is 6.07 Å². The van der Waals surface area contributed by atoms with Gasteiger partial charge >= 0.3 is 0 Å². The Morgan fingerprint density at radius 3 is 2.65 bits per heavy atom. The van der Waals surface area contributed by atoms with Gasteiger partial charge in [-0.25, -0.2) is 0 Å². The van der Waals surface area contributed by atoms with Gasteiger partial charge in [0.05, 0.1) is 17.5 Å². The SMILES string of the molecule is CN(CCO)c1ccc([N+](=O)[O-])cc1C(=O)[O-]. The van der Waals surface area contributed by atoms with Crippen LogP contribution in [0.1, 0.15) is 10.4 Å². The maximum Gasteiger partial charge on any atom is 0.270 e. The van der Waals surface area contributed by atoms with Gasteiger partial charge in [-0.1, -0.05) is 0 Å². The van der Waals surface area contributed by atoms with Gasteiger partial charge in [0.1, 0.15) is 0 Å². The molecule has 0 spiro atoms. The van der Waals surface area contributed by atoms with Crippen molar-refractivity contribution in [2.45, 2.75) is 0 Å². The summed E-state index contributed by atoms with van der Waals surface area (Å²) in [5.74, 6) is -1.49. The molecule has 0 saturated heterocycles. The van der Waals surface area contributed by atoms with Gasteiger partial charge in [-0.2, -0.15) is 0 Å². The number of anilines is 1. The molecular formula is C10H11N2O5-. The van der Waals surface area contributed by atoms with Gasteiger partial charge in [0.15, 0.2) is 0 Å². The van der Waals surface area contributed by atoms with Crippen LogP contribution in [0.5, 0.6) is 0 Å². The van der Waals surface area contributed by atoms with E-state index in [1.807, 2.05) is 0 Å². The van der Waals surface area contributed by atoms with E-state index in [1.54, 1.807) is 7.05 Å². The molecule has 0 aliphatic heterocycles. The fourth-order valence-corrected chi connectivity index (χ4v) is 1.40. The minimum Gasteiger partial charge on any atom is -0.545 e. The lowest BCUT2D eigenvalue weighted by Crippen LogP contribution is -2.28. The molecule has 0 saturated carbocycles. The summed E-state index contributed by atoms with van der Waals surface area (Å²) in [6.45, 7) is 0.0675. The number of carbonyl (C=O) groups is 1. The van der Waals surface area contributed by atoms with Gasteiger partial charge in [0.25, 0.3) is 5.69 Å². The van der Waals surface area contributed by atoms with Crippen molar-refractivity contribution >= 4 is 17.3 Å². The molecule has 7 heteroatoms. The number of carboxylic acids is 1. The van der Waals surface area contributed by atoms with Crippen molar-refractivity contribution in [1.29, 1.82) is 0 Å². The summed E-state index contributed by atoms with van der Waals surface area (Å²) in [7, 11) is 1.57. The lowest BCUT2D eigenvalue weighted by molar-refractivity contribution is -0.385. The monoisotopic (exact) mass is 239 g/mol. The standard InChI is InChI=1S/C10H12N2O5/c1-11(4-5-13)9-3-2-7(12(16)17)6-8(9)10(14)15/h2-3,6,13H,4-5H2,1H3,(H,14,15)/p-1. The van der Waals surface area contributed by atoms with Crippen molar-refractivity contribution in [3.8, 4) is 0 Å². The normalized spacial score (nSPS) is 10.0. The first kappa shape index (κ1) is 12.9. The molecule has 0 heterocycles. The molecule has 0 amide bonds. The minimum atomic E-state index is -1.49. The highest BCUT2D eigenvalue weighted by Gasteiger charge is 2.13. The molecule has 1 rings (SSSR count). The molecule has 1 N–H and O–H groups in total. The summed E-state index contributed by atoms with van der Waals surface area (Å²) in [6.07, 6.45) is 0. The maximum absolute atomic E-state index is 10.9. The Morgan fingerprint density at radius 2 is 2.18 bits per heavy atom. The molecule has 0 fully saturated rings. The summed E-state index contributed by atoms with van der Waals surface area (Å²) >= 11 is 0. The number of hydrogen-bond acceptors (Lipinski definition) is 6. The Labute approximate surface area is 97.1 Å². The molecule has 0 unspecified atom stereocenters. The number of nitrogens with zero attached hydrogens (tertiary/aromatic N) is 2. The lowest BCUT2D eigenvalue weighted by atomic mass is 10.1. The second kappa shape index (κ2) is 5.26. The zero-order valence-electron chi connectivity index (χ0n) is 9.12. The predicted octanol–water partition coefficient (Wildman–Crippen LogP) is -0.613. The zero-order valence-corrected chi connectivity index (χ0v) is 9.12. The number of non-ortho nitro benzene ring substituents is 1. The summed E-state index contributed by atoms with van der Waals surface area (Å²) in [5.41, 5.74) is -0.315. The lowest BCUT2D eigenvalue weighted by Gasteiger charge is -2.21. The molecule has 0 aliphatic rings. The van der Waals surface area contributed by atoms with E-state index in [0.29, 0.717) is 0 Å². The predicted molar refractivity (Wildman–Crippen MR) is 57.8 cm³/mol. The van der Waals surface area contributed by atoms with Gasteiger partial charge < -0.3 is 19.9 Å². The van der Waals surface area contributed by atoms with Crippen molar-refractivity contribution in [2.75, 3.05) is 25.1 Å². The number of aromatic carboxylic acids is 1. The van der Waals surface area contributed by atoms with Crippen LogP contribution in [0.3, 0.4) is 0 Å². The largest absolute Gasteiger partial charge is 0.545 e. The molecule has 0 radical (unpaired) electrons. The van der Waals surface area contributed by atoms with Crippen molar-refractivity contribution in [3.05, 3.63) is 33.9 Å². The van der Waals surface area contributed by atoms with Crippen LogP contribution in [0.4, 0.5) is 11.4 Å². The highest BCUT2D eigenvalue weighted by Crippen LogP contribution is 2.24. The molecule has 0 aliphatic carbocycles. The molecule has 1 aromatic carbocycles. The second-order valence-corrected chi connectivity index (χ2v) is 3.39. The van der Waals surface area contributed by atoms with Crippen molar-refractivity contribution < 1.29 is 19.9 Å². The van der Waals surface area contributed by atoms with E-state index in [9.17, 15) is 20.0 Å². The van der Waals surface area contributed by atoms with Crippen LogP contribution in [0, 0.1) is 10.1 Å². The fourth-order valence-electron chi connectivity index (χ4n) is 1.40. The van der Waals surface area contributed by atoms with Crippen LogP contribution in [-0.2, 0) is 0 Å². The molecule has 17 heavy (non-hydrogen) atoms. The number of carboxylic acid groups (broad SMARTS) is 1. The first-order chi connectivity index (χ1) is 7.97. The van der Waals surface area contributed by atoms with Crippen molar-refractivity contribution in [3.63, 3.8) is 0 Å². The summed E-state index contributed by atoms with van der Waals surface area (Å²) in [6, 6.07) is 3.47. The Bertz CT molecular complexity index is 446. The minimum absolute atomic E-state index is 0.153. The van der Waals surface area contributed by atoms with Crippen LogP contribution < -0.4 is 10.0 Å². The highest BCUT2D eigenvalue weighted by molar-refractivity contribution is 5.93. The number of aliphatic hydroxyl groups excluding tert-OH is 1. The Kier molecular flexibility index (Phi) is 4.00. The van der Waals surface area contributed by atoms with E-state index in [4.69, 9.17) is 5.11 Å². The quantitative estimate of drug-likeness (QED) is 0.542. The van der Waals surface area contributed by atoms with Gasteiger partial charge in [0.2, 0.25) is 0 Å². The van der Waals surface area contributed by atoms with Gasteiger partial charge in [0, 0.05) is 37.0 Å². The molecular weight excluding hydrogens is 228 g/mol. The zero-order chi connectivity index (χ0) is 13.0. The Hall–Kier alpha value is -2.15. The smallest absolute Gasteiger partial charge is 0.270 e. The molecule has 0 aromatic heterocycles. The fraction of sp³-hybridized carbons (Fsp3) is 0.300. The van der Waals surface area contributed by atoms with Gasteiger partial charge in [-0.05, 0) is 6.07 Å². The first-order valence-electron chi connectivity index (χ1n) is 4.79. The second-order valence-electron chi connectivity index (χ2n) is 3.39. The number of nitro groups is 1. The molecule has 7 nitrogen and oxygen atoms in total. The van der Waals surface area contributed by atoms with Crippen LogP contribution in [-0.4, -0.2) is 36.2 Å². The third-order valence-corrected chi connectivity index (χ3v) is 2.26. The maximum atomic E-state index is 10.9. The molecule has 1 aromatic rings. The number of rotatable bonds is 5. The highest BCUT2D eigenvalue weighted by atomic mass is 16.6. The Morgan fingerprint density at radius 1 is 1.53 bits per heavy atom. The third-order valence-electron chi connectivity index (χ3n) is 2.26. The van der Waals surface area contributed by atoms with Crippen LogP contribution in [0.2, 0.25) is 0 Å². The number of benzene rings is 1. The average molecular weight is 239 g/mol. The van der Waals surface area contributed by atoms with E-state index in [1.165, 1.54) is 17.0 Å². The first-order valence-corrected chi connectivity index (χ1v) is 4.79. The number of likely N-dealkylation sites (N-methyl/N-ethyl adjacent to an activating group) is 1. The topological polar surface area (TPSA) is 107 Å².